The van der Waals surface area contributed by atoms with Crippen molar-refractivity contribution >= 4 is 12.0 Å². The highest BCUT2D eigenvalue weighted by atomic mass is 16.6. The molecule has 1 saturated heterocycles. The van der Waals surface area contributed by atoms with Gasteiger partial charge in [-0.2, -0.15) is 12.1 Å². The molecule has 1 aromatic rings. The largest absolute Gasteiger partial charge is 0.441 e. The zero-order valence-electron chi connectivity index (χ0n) is 10.7. The van der Waals surface area contributed by atoms with Gasteiger partial charge in [-0.15, -0.1) is 5.56 Å². The third-order valence-electron chi connectivity index (χ3n) is 3.01. The van der Waals surface area contributed by atoms with Gasteiger partial charge in [0.05, 0.1) is 6.04 Å². The molecular weight excluding hydrogens is 230 g/mol. The lowest BCUT2D eigenvalue weighted by atomic mass is 9.93. The zero-order valence-corrected chi connectivity index (χ0v) is 10.7. The van der Waals surface area contributed by atoms with E-state index in [9.17, 15) is 9.59 Å². The van der Waals surface area contributed by atoms with E-state index < -0.39 is 11.7 Å². The minimum absolute atomic E-state index is 0.348. The van der Waals surface area contributed by atoms with Crippen molar-refractivity contribution in [3.05, 3.63) is 42.0 Å². The molecule has 1 aliphatic rings. The lowest BCUT2D eigenvalue weighted by molar-refractivity contribution is -0.124. The van der Waals surface area contributed by atoms with Crippen molar-refractivity contribution in [2.75, 3.05) is 0 Å². The fourth-order valence-corrected chi connectivity index (χ4v) is 2.31. The van der Waals surface area contributed by atoms with Crippen LogP contribution >= 0.6 is 0 Å². The number of amides is 2. The Hall–Kier alpha value is -1.97. The number of ether oxygens (including phenoxy) is 1. The van der Waals surface area contributed by atoms with Crippen molar-refractivity contribution < 1.29 is 14.3 Å². The number of rotatable bonds is 2. The van der Waals surface area contributed by atoms with Crippen molar-refractivity contribution in [2.45, 2.75) is 32.4 Å². The molecule has 1 fully saturated rings. The molecule has 2 rings (SSSR count). The molecule has 1 atom stereocenters. The van der Waals surface area contributed by atoms with E-state index in [-0.39, 0.29) is 11.9 Å². The van der Waals surface area contributed by atoms with Crippen LogP contribution in [0.3, 0.4) is 0 Å². The van der Waals surface area contributed by atoms with Gasteiger partial charge in [-0.05, 0) is 26.8 Å². The fraction of sp³-hybridized carbons (Fsp3) is 0.357. The molecule has 0 N–H and O–H groups in total. The Morgan fingerprint density at radius 2 is 2.28 bits per heavy atom. The van der Waals surface area contributed by atoms with Gasteiger partial charge >= 0.3 is 6.09 Å². The Bertz CT molecular complexity index is 485. The molecule has 4 heteroatoms. The summed E-state index contributed by atoms with van der Waals surface area (Å²) in [6.45, 7) is 5.36. The van der Waals surface area contributed by atoms with Crippen LogP contribution in [0.25, 0.3) is 0 Å². The van der Waals surface area contributed by atoms with Gasteiger partial charge in [0.2, 0.25) is 0 Å². The van der Waals surface area contributed by atoms with Crippen LogP contribution in [0, 0.1) is 0 Å². The second-order valence-corrected chi connectivity index (χ2v) is 4.80. The van der Waals surface area contributed by atoms with E-state index in [0.717, 1.165) is 5.56 Å². The highest BCUT2D eigenvalue weighted by Gasteiger charge is 2.49. The topological polar surface area (TPSA) is 46.6 Å². The predicted molar refractivity (Wildman–Crippen MR) is 67.0 cm³/mol. The summed E-state index contributed by atoms with van der Waals surface area (Å²) in [6, 6.07) is 7.16. The molecule has 0 aromatic heterocycles. The maximum atomic E-state index is 12.0. The van der Waals surface area contributed by atoms with Crippen LogP contribution in [0.5, 0.6) is 0 Å². The van der Waals surface area contributed by atoms with Crippen molar-refractivity contribution in [2.24, 2.45) is 0 Å². The quantitative estimate of drug-likeness (QED) is 0.595. The Labute approximate surface area is 106 Å². The third kappa shape index (κ3) is 1.94. The Morgan fingerprint density at radius 1 is 1.56 bits per heavy atom. The van der Waals surface area contributed by atoms with Gasteiger partial charge in [-0.3, -0.25) is 4.79 Å². The summed E-state index contributed by atoms with van der Waals surface area (Å²) in [6.07, 6.45) is 2.40. The summed E-state index contributed by atoms with van der Waals surface area (Å²) in [5, 5.41) is 0. The van der Waals surface area contributed by atoms with E-state index in [1.165, 1.54) is 11.0 Å². The first kappa shape index (κ1) is 12.5. The summed E-state index contributed by atoms with van der Waals surface area (Å²) in [5.41, 5.74) is 0.187. The second-order valence-electron chi connectivity index (χ2n) is 4.80. The van der Waals surface area contributed by atoms with Gasteiger partial charge < -0.3 is 4.74 Å². The lowest BCUT2D eigenvalue weighted by Gasteiger charge is -2.29. The number of hydrogen-bond donors (Lipinski definition) is 0. The smallest absolute Gasteiger partial charge is 0.418 e. The first-order valence-electron chi connectivity index (χ1n) is 5.88. The van der Waals surface area contributed by atoms with Gasteiger partial charge in [0.25, 0.3) is 5.91 Å². The predicted octanol–water partition coefficient (Wildman–Crippen LogP) is 2.78. The summed E-state index contributed by atoms with van der Waals surface area (Å²) in [5.74, 6) is -0.348. The lowest BCUT2D eigenvalue weighted by Crippen LogP contribution is -2.36. The Balaban J connectivity index is 2.43. The molecule has 1 aromatic carbocycles. The van der Waals surface area contributed by atoms with Crippen LogP contribution in [-0.4, -0.2) is 22.5 Å². The zero-order chi connectivity index (χ0) is 13.3. The van der Waals surface area contributed by atoms with Gasteiger partial charge in [0.1, 0.15) is 5.60 Å². The molecule has 96 valence electrons. The van der Waals surface area contributed by atoms with Gasteiger partial charge in [-0.25, -0.2) is 21.8 Å². The van der Waals surface area contributed by atoms with E-state index in [1.807, 2.05) is 38.1 Å². The van der Waals surface area contributed by atoms with Crippen LogP contribution in [0.4, 0.5) is 4.79 Å². The summed E-state index contributed by atoms with van der Waals surface area (Å²) >= 11 is 0. The number of allylic oxidation sites excluding steroid dienone is 1. The highest BCUT2D eigenvalue weighted by Crippen LogP contribution is 2.41. The molecule has 0 aliphatic carbocycles. The summed E-state index contributed by atoms with van der Waals surface area (Å²) in [4.78, 5) is 25.0. The first-order valence-corrected chi connectivity index (χ1v) is 5.88. The molecule has 1 aliphatic heterocycles. The van der Waals surface area contributed by atoms with E-state index in [2.05, 4.69) is 0 Å². The minimum atomic E-state index is -0.720. The molecular formula is C14H16NO3-. The molecule has 0 bridgehead atoms. The molecule has 0 spiro atoms. The first-order chi connectivity index (χ1) is 8.47. The summed E-state index contributed by atoms with van der Waals surface area (Å²) < 4.78 is 5.30. The number of imide groups is 1. The van der Waals surface area contributed by atoms with Crippen LogP contribution in [0.1, 0.15) is 32.4 Å². The Morgan fingerprint density at radius 3 is 2.83 bits per heavy atom. The summed E-state index contributed by atoms with van der Waals surface area (Å²) in [7, 11) is 0. The van der Waals surface area contributed by atoms with Crippen LogP contribution in [0.2, 0.25) is 0 Å². The van der Waals surface area contributed by atoms with E-state index >= 15 is 0 Å². The number of carbonyl (C=O) groups is 2. The average Bonchev–Trinajstić information content (AvgIpc) is 2.83. The van der Waals surface area contributed by atoms with E-state index in [1.54, 1.807) is 13.0 Å². The SMILES string of the molecule is C/C=C/C(=O)N1C(=O)OC(C)(C)[C@@H]1c1ccc[cH-]1. The average molecular weight is 246 g/mol. The monoisotopic (exact) mass is 246 g/mol. The molecule has 4 nitrogen and oxygen atoms in total. The number of nitrogens with zero attached hydrogens (tertiary/aromatic N) is 1. The van der Waals surface area contributed by atoms with Crippen LogP contribution in [0.15, 0.2) is 36.4 Å². The molecule has 0 radical (unpaired) electrons. The van der Waals surface area contributed by atoms with E-state index in [4.69, 9.17) is 4.74 Å². The van der Waals surface area contributed by atoms with Crippen LogP contribution < -0.4 is 0 Å². The van der Waals surface area contributed by atoms with Gasteiger partial charge in [0, 0.05) is 0 Å². The standard InChI is InChI=1S/C14H16NO3/c1-4-7-11(16)15-12(10-8-5-6-9-10)14(2,3)18-13(15)17/h4-9,12H,1-3H3/q-1/b7-4+/t12-/m0/s1. The van der Waals surface area contributed by atoms with Crippen molar-refractivity contribution in [1.29, 1.82) is 0 Å². The maximum Gasteiger partial charge on any atom is 0.418 e. The number of cyclic esters (lactones) is 1. The molecule has 18 heavy (non-hydrogen) atoms. The molecule has 1 heterocycles. The van der Waals surface area contributed by atoms with E-state index in [0.29, 0.717) is 0 Å². The van der Waals surface area contributed by atoms with Crippen molar-refractivity contribution in [3.63, 3.8) is 0 Å². The number of carbonyl (C=O) groups excluding carboxylic acids is 2. The van der Waals surface area contributed by atoms with Crippen molar-refractivity contribution in [1.82, 2.24) is 4.90 Å². The second kappa shape index (κ2) is 4.37. The molecule has 0 unspecified atom stereocenters. The normalized spacial score (nSPS) is 22.5. The van der Waals surface area contributed by atoms with Crippen LogP contribution in [-0.2, 0) is 9.53 Å². The maximum absolute atomic E-state index is 12.0. The highest BCUT2D eigenvalue weighted by molar-refractivity contribution is 6.00. The minimum Gasteiger partial charge on any atom is -0.441 e. The molecule has 2 amide bonds. The van der Waals surface area contributed by atoms with Gasteiger partial charge in [-0.1, -0.05) is 6.08 Å². The molecule has 0 saturated carbocycles. The fourth-order valence-electron chi connectivity index (χ4n) is 2.31. The third-order valence-corrected chi connectivity index (χ3v) is 3.01. The Kier molecular flexibility index (Phi) is 3.03. The van der Waals surface area contributed by atoms with Crippen molar-refractivity contribution in [3.8, 4) is 0 Å². The number of hydrogen-bond acceptors (Lipinski definition) is 3. The van der Waals surface area contributed by atoms with Gasteiger partial charge in [0.15, 0.2) is 0 Å².